The molecule has 2 N–H and O–H groups in total. The van der Waals surface area contributed by atoms with Gasteiger partial charge in [0, 0.05) is 43.3 Å². The molecule has 0 radical (unpaired) electrons. The van der Waals surface area contributed by atoms with Crippen molar-refractivity contribution in [1.29, 1.82) is 0 Å². The monoisotopic (exact) mass is 408 g/mol. The fourth-order valence-corrected chi connectivity index (χ4v) is 3.35. The zero-order chi connectivity index (χ0) is 20.5. The Labute approximate surface area is 173 Å². The first-order valence-electron chi connectivity index (χ1n) is 10.2. The SMILES string of the molecule is CCC(C)C(NC(=O)c1ccc(Cl)cc1)C(=O)NCCCN1CCN(C)CC1. The van der Waals surface area contributed by atoms with Crippen molar-refractivity contribution in [3.63, 3.8) is 0 Å². The molecule has 1 heterocycles. The molecule has 0 spiro atoms. The smallest absolute Gasteiger partial charge is 0.251 e. The van der Waals surface area contributed by atoms with E-state index in [1.807, 2.05) is 13.8 Å². The van der Waals surface area contributed by atoms with Gasteiger partial charge in [0.2, 0.25) is 5.91 Å². The fourth-order valence-electron chi connectivity index (χ4n) is 3.22. The van der Waals surface area contributed by atoms with Crippen LogP contribution in [0, 0.1) is 5.92 Å². The minimum absolute atomic E-state index is 0.0499. The third-order valence-corrected chi connectivity index (χ3v) is 5.69. The number of benzene rings is 1. The Bertz CT molecular complexity index is 630. The Morgan fingerprint density at radius 1 is 1.14 bits per heavy atom. The van der Waals surface area contributed by atoms with E-state index in [4.69, 9.17) is 11.6 Å². The van der Waals surface area contributed by atoms with Crippen molar-refractivity contribution in [1.82, 2.24) is 20.4 Å². The summed E-state index contributed by atoms with van der Waals surface area (Å²) >= 11 is 5.88. The summed E-state index contributed by atoms with van der Waals surface area (Å²) in [6.45, 7) is 9.96. The van der Waals surface area contributed by atoms with E-state index in [1.54, 1.807) is 24.3 Å². The Morgan fingerprint density at radius 2 is 1.79 bits per heavy atom. The molecule has 7 heteroatoms. The third-order valence-electron chi connectivity index (χ3n) is 5.43. The van der Waals surface area contributed by atoms with E-state index in [9.17, 15) is 9.59 Å². The second-order valence-electron chi connectivity index (χ2n) is 7.63. The van der Waals surface area contributed by atoms with Gasteiger partial charge in [-0.3, -0.25) is 9.59 Å². The highest BCUT2D eigenvalue weighted by atomic mass is 35.5. The van der Waals surface area contributed by atoms with Gasteiger partial charge in [-0.2, -0.15) is 0 Å². The van der Waals surface area contributed by atoms with Gasteiger partial charge in [0.25, 0.3) is 5.91 Å². The van der Waals surface area contributed by atoms with Crippen molar-refractivity contribution >= 4 is 23.4 Å². The summed E-state index contributed by atoms with van der Waals surface area (Å²) in [5.74, 6) is -0.321. The molecule has 0 bridgehead atoms. The molecule has 1 aliphatic rings. The molecule has 0 aliphatic carbocycles. The molecule has 1 aromatic carbocycles. The molecular weight excluding hydrogens is 376 g/mol. The average molecular weight is 409 g/mol. The molecular formula is C21H33ClN4O2. The molecule has 1 aliphatic heterocycles. The molecule has 2 amide bonds. The topological polar surface area (TPSA) is 64.7 Å². The standard InChI is InChI=1S/C21H33ClN4O2/c1-4-16(2)19(24-20(27)17-6-8-18(22)9-7-17)21(28)23-10-5-11-26-14-12-25(3)13-15-26/h6-9,16,19H,4-5,10-15H2,1-3H3,(H,23,28)(H,24,27). The van der Waals surface area contributed by atoms with Crippen molar-refractivity contribution in [2.75, 3.05) is 46.3 Å². The molecule has 2 unspecified atom stereocenters. The lowest BCUT2D eigenvalue weighted by Gasteiger charge is -2.32. The summed E-state index contributed by atoms with van der Waals surface area (Å²) < 4.78 is 0. The molecule has 28 heavy (non-hydrogen) atoms. The normalized spacial score (nSPS) is 17.7. The molecule has 156 valence electrons. The minimum Gasteiger partial charge on any atom is -0.354 e. The average Bonchev–Trinajstić information content (AvgIpc) is 2.70. The maximum atomic E-state index is 12.7. The van der Waals surface area contributed by atoms with E-state index in [2.05, 4.69) is 27.5 Å². The number of rotatable bonds is 9. The predicted molar refractivity (Wildman–Crippen MR) is 114 cm³/mol. The lowest BCUT2D eigenvalue weighted by Crippen LogP contribution is -2.50. The zero-order valence-electron chi connectivity index (χ0n) is 17.2. The summed E-state index contributed by atoms with van der Waals surface area (Å²) in [7, 11) is 2.14. The highest BCUT2D eigenvalue weighted by Gasteiger charge is 2.26. The van der Waals surface area contributed by atoms with E-state index >= 15 is 0 Å². The number of nitrogens with one attached hydrogen (secondary N) is 2. The number of likely N-dealkylation sites (N-methyl/N-ethyl adjacent to an activating group) is 1. The number of nitrogens with zero attached hydrogens (tertiary/aromatic N) is 2. The van der Waals surface area contributed by atoms with Crippen LogP contribution in [0.15, 0.2) is 24.3 Å². The highest BCUT2D eigenvalue weighted by molar-refractivity contribution is 6.30. The first kappa shape index (κ1) is 22.7. The van der Waals surface area contributed by atoms with Crippen LogP contribution >= 0.6 is 11.6 Å². The van der Waals surface area contributed by atoms with Crippen LogP contribution in [0.5, 0.6) is 0 Å². The highest BCUT2D eigenvalue weighted by Crippen LogP contribution is 2.12. The minimum atomic E-state index is -0.545. The number of piperazine rings is 1. The van der Waals surface area contributed by atoms with Crippen molar-refractivity contribution < 1.29 is 9.59 Å². The molecule has 0 saturated carbocycles. The van der Waals surface area contributed by atoms with Gasteiger partial charge in [0.05, 0.1) is 0 Å². The zero-order valence-corrected chi connectivity index (χ0v) is 18.0. The number of amides is 2. The summed E-state index contributed by atoms with van der Waals surface area (Å²) in [5.41, 5.74) is 0.501. The van der Waals surface area contributed by atoms with E-state index < -0.39 is 6.04 Å². The van der Waals surface area contributed by atoms with Crippen molar-refractivity contribution in [3.05, 3.63) is 34.9 Å². The van der Waals surface area contributed by atoms with Gasteiger partial charge < -0.3 is 20.4 Å². The Kier molecular flexibility index (Phi) is 9.22. The number of halogens is 1. The molecule has 2 rings (SSSR count). The van der Waals surface area contributed by atoms with Crippen molar-refractivity contribution in [3.8, 4) is 0 Å². The van der Waals surface area contributed by atoms with Crippen LogP contribution in [0.25, 0.3) is 0 Å². The van der Waals surface area contributed by atoms with Crippen LogP contribution in [0.2, 0.25) is 5.02 Å². The summed E-state index contributed by atoms with van der Waals surface area (Å²) in [6, 6.07) is 6.13. The Morgan fingerprint density at radius 3 is 2.39 bits per heavy atom. The Hall–Kier alpha value is -1.63. The lowest BCUT2D eigenvalue weighted by molar-refractivity contribution is -0.124. The van der Waals surface area contributed by atoms with E-state index in [1.165, 1.54) is 0 Å². The van der Waals surface area contributed by atoms with Crippen LogP contribution in [0.4, 0.5) is 0 Å². The molecule has 0 aromatic heterocycles. The van der Waals surface area contributed by atoms with Gasteiger partial charge >= 0.3 is 0 Å². The first-order chi connectivity index (χ1) is 13.4. The predicted octanol–water partition coefficient (Wildman–Crippen LogP) is 2.24. The fraction of sp³-hybridized carbons (Fsp3) is 0.619. The molecule has 6 nitrogen and oxygen atoms in total. The van der Waals surface area contributed by atoms with E-state index in [0.29, 0.717) is 17.1 Å². The van der Waals surface area contributed by atoms with Crippen molar-refractivity contribution in [2.45, 2.75) is 32.7 Å². The summed E-state index contributed by atoms with van der Waals surface area (Å²) in [5, 5.41) is 6.47. The lowest BCUT2D eigenvalue weighted by atomic mass is 9.97. The van der Waals surface area contributed by atoms with Gasteiger partial charge in [-0.15, -0.1) is 0 Å². The number of hydrogen-bond donors (Lipinski definition) is 2. The largest absolute Gasteiger partial charge is 0.354 e. The molecule has 1 aromatic rings. The molecule has 1 saturated heterocycles. The number of hydrogen-bond acceptors (Lipinski definition) is 4. The van der Waals surface area contributed by atoms with E-state index in [0.717, 1.165) is 45.6 Å². The van der Waals surface area contributed by atoms with Gasteiger partial charge in [-0.05, 0) is 50.2 Å². The van der Waals surface area contributed by atoms with E-state index in [-0.39, 0.29) is 17.7 Å². The number of carbonyl (C=O) groups excluding carboxylic acids is 2. The van der Waals surface area contributed by atoms with Crippen LogP contribution < -0.4 is 10.6 Å². The van der Waals surface area contributed by atoms with Gasteiger partial charge in [-0.25, -0.2) is 0 Å². The third kappa shape index (κ3) is 7.08. The summed E-state index contributed by atoms with van der Waals surface area (Å²) in [6.07, 6.45) is 1.72. The van der Waals surface area contributed by atoms with Crippen molar-refractivity contribution in [2.24, 2.45) is 5.92 Å². The van der Waals surface area contributed by atoms with Crippen LogP contribution in [-0.2, 0) is 4.79 Å². The molecule has 1 fully saturated rings. The summed E-state index contributed by atoms with van der Waals surface area (Å²) in [4.78, 5) is 30.0. The maximum absolute atomic E-state index is 12.7. The molecule has 2 atom stereocenters. The quantitative estimate of drug-likeness (QED) is 0.615. The number of carbonyl (C=O) groups is 2. The van der Waals surface area contributed by atoms with Crippen LogP contribution in [0.3, 0.4) is 0 Å². The maximum Gasteiger partial charge on any atom is 0.251 e. The van der Waals surface area contributed by atoms with Crippen LogP contribution in [-0.4, -0.2) is 74.0 Å². The van der Waals surface area contributed by atoms with Gasteiger partial charge in [0.15, 0.2) is 0 Å². The van der Waals surface area contributed by atoms with Gasteiger partial charge in [-0.1, -0.05) is 31.9 Å². The second kappa shape index (κ2) is 11.4. The second-order valence-corrected chi connectivity index (χ2v) is 8.07. The van der Waals surface area contributed by atoms with Gasteiger partial charge in [0.1, 0.15) is 6.04 Å². The van der Waals surface area contributed by atoms with Crippen LogP contribution in [0.1, 0.15) is 37.0 Å². The first-order valence-corrected chi connectivity index (χ1v) is 10.5. The Balaban J connectivity index is 1.81.